The molecule has 0 bridgehead atoms. The molecule has 2 aromatic carbocycles. The molecule has 6 nitrogen and oxygen atoms in total. The average Bonchev–Trinajstić information content (AvgIpc) is 2.63. The largest absolute Gasteiger partial charge is 0.336 e. The third-order valence-electron chi connectivity index (χ3n) is 3.72. The van der Waals surface area contributed by atoms with E-state index < -0.39 is 0 Å². The summed E-state index contributed by atoms with van der Waals surface area (Å²) in [6.45, 7) is 1.85. The number of nitrogens with one attached hydrogen (secondary N) is 2. The first-order valence-electron chi connectivity index (χ1n) is 8.58. The molecule has 0 heterocycles. The van der Waals surface area contributed by atoms with Crippen molar-refractivity contribution in [3.63, 3.8) is 0 Å². The van der Waals surface area contributed by atoms with Crippen LogP contribution >= 0.6 is 23.4 Å². The summed E-state index contributed by atoms with van der Waals surface area (Å²) in [6, 6.07) is 14.4. The van der Waals surface area contributed by atoms with E-state index in [1.54, 1.807) is 31.3 Å². The van der Waals surface area contributed by atoms with Gasteiger partial charge in [-0.2, -0.15) is 0 Å². The first kappa shape index (κ1) is 21.8. The van der Waals surface area contributed by atoms with E-state index in [0.717, 1.165) is 11.3 Å². The third kappa shape index (κ3) is 7.25. The van der Waals surface area contributed by atoms with Gasteiger partial charge in [-0.05, 0) is 36.8 Å². The molecule has 0 aliphatic rings. The Morgan fingerprint density at radius 2 is 1.75 bits per heavy atom. The number of thioether (sulfide) groups is 1. The molecule has 0 atom stereocenters. The molecule has 0 saturated heterocycles. The molecule has 2 aromatic rings. The summed E-state index contributed by atoms with van der Waals surface area (Å²) in [5.41, 5.74) is 2.28. The van der Waals surface area contributed by atoms with Gasteiger partial charge in [0, 0.05) is 12.7 Å². The van der Waals surface area contributed by atoms with Crippen molar-refractivity contribution in [2.45, 2.75) is 6.92 Å². The number of amides is 3. The van der Waals surface area contributed by atoms with Crippen molar-refractivity contribution in [2.75, 3.05) is 35.7 Å². The molecule has 148 valence electrons. The van der Waals surface area contributed by atoms with Crippen LogP contribution in [0.5, 0.6) is 0 Å². The van der Waals surface area contributed by atoms with Crippen LogP contribution in [0, 0.1) is 6.92 Å². The van der Waals surface area contributed by atoms with Gasteiger partial charge < -0.3 is 15.5 Å². The predicted molar refractivity (Wildman–Crippen MR) is 115 cm³/mol. The van der Waals surface area contributed by atoms with E-state index in [1.165, 1.54) is 16.7 Å². The van der Waals surface area contributed by atoms with Crippen LogP contribution in [0.25, 0.3) is 0 Å². The van der Waals surface area contributed by atoms with Gasteiger partial charge in [0.25, 0.3) is 0 Å². The highest BCUT2D eigenvalue weighted by molar-refractivity contribution is 8.00. The van der Waals surface area contributed by atoms with E-state index in [9.17, 15) is 14.4 Å². The Labute approximate surface area is 173 Å². The Hall–Kier alpha value is -2.51. The molecule has 2 N–H and O–H groups in total. The summed E-state index contributed by atoms with van der Waals surface area (Å²) in [5.74, 6) is -0.493. The van der Waals surface area contributed by atoms with Crippen molar-refractivity contribution >= 4 is 52.5 Å². The second kappa shape index (κ2) is 10.7. The lowest BCUT2D eigenvalue weighted by atomic mass is 10.2. The van der Waals surface area contributed by atoms with Gasteiger partial charge in [0.1, 0.15) is 0 Å². The molecule has 0 aliphatic heterocycles. The molecule has 3 amide bonds. The van der Waals surface area contributed by atoms with Crippen LogP contribution in [0.4, 0.5) is 11.4 Å². The topological polar surface area (TPSA) is 78.5 Å². The van der Waals surface area contributed by atoms with Crippen LogP contribution in [-0.4, -0.2) is 47.7 Å². The number of hydrogen-bond acceptors (Lipinski definition) is 4. The van der Waals surface area contributed by atoms with Crippen LogP contribution in [0.1, 0.15) is 5.56 Å². The number of hydrogen-bond donors (Lipinski definition) is 2. The van der Waals surface area contributed by atoms with Crippen LogP contribution in [0.15, 0.2) is 48.5 Å². The first-order valence-corrected chi connectivity index (χ1v) is 10.1. The average molecular weight is 420 g/mol. The number of nitrogens with zero attached hydrogens (tertiary/aromatic N) is 1. The number of carbonyl (C=O) groups excluding carboxylic acids is 3. The third-order valence-corrected chi connectivity index (χ3v) is 4.96. The monoisotopic (exact) mass is 419 g/mol. The zero-order valence-corrected chi connectivity index (χ0v) is 17.3. The van der Waals surface area contributed by atoms with Crippen molar-refractivity contribution in [3.8, 4) is 0 Å². The normalized spacial score (nSPS) is 10.2. The highest BCUT2D eigenvalue weighted by Gasteiger charge is 2.14. The number of halogens is 1. The second-order valence-electron chi connectivity index (χ2n) is 6.19. The zero-order valence-electron chi connectivity index (χ0n) is 15.7. The van der Waals surface area contributed by atoms with Gasteiger partial charge in [-0.3, -0.25) is 14.4 Å². The molecular formula is C20H22ClN3O3S. The number of rotatable bonds is 8. The number of benzene rings is 2. The highest BCUT2D eigenvalue weighted by atomic mass is 35.5. The van der Waals surface area contributed by atoms with Crippen LogP contribution in [0.2, 0.25) is 5.02 Å². The smallest absolute Gasteiger partial charge is 0.244 e. The van der Waals surface area contributed by atoms with Crippen LogP contribution < -0.4 is 10.6 Å². The van der Waals surface area contributed by atoms with E-state index in [-0.39, 0.29) is 35.8 Å². The van der Waals surface area contributed by atoms with Crippen molar-refractivity contribution in [1.29, 1.82) is 0 Å². The van der Waals surface area contributed by atoms with Gasteiger partial charge in [-0.15, -0.1) is 11.8 Å². The van der Waals surface area contributed by atoms with Crippen molar-refractivity contribution in [2.24, 2.45) is 0 Å². The number of aryl methyl sites for hydroxylation is 1. The molecule has 0 spiro atoms. The minimum Gasteiger partial charge on any atom is -0.336 e. The minimum atomic E-state index is -0.342. The SMILES string of the molecule is Cc1cccc(NC(=O)CSCC(=O)N(C)CC(=O)Nc2ccccc2Cl)c1. The minimum absolute atomic E-state index is 0.0971. The maximum absolute atomic E-state index is 12.1. The Kier molecular flexibility index (Phi) is 8.35. The maximum Gasteiger partial charge on any atom is 0.244 e. The fraction of sp³-hybridized carbons (Fsp3) is 0.250. The summed E-state index contributed by atoms with van der Waals surface area (Å²) in [7, 11) is 1.54. The highest BCUT2D eigenvalue weighted by Crippen LogP contribution is 2.20. The van der Waals surface area contributed by atoms with Crippen molar-refractivity contribution < 1.29 is 14.4 Å². The van der Waals surface area contributed by atoms with E-state index >= 15 is 0 Å². The Balaban J connectivity index is 1.71. The summed E-state index contributed by atoms with van der Waals surface area (Å²) >= 11 is 7.19. The quantitative estimate of drug-likeness (QED) is 0.687. The van der Waals surface area contributed by atoms with Crippen molar-refractivity contribution in [1.82, 2.24) is 4.90 Å². The molecule has 0 saturated carbocycles. The Morgan fingerprint density at radius 3 is 2.46 bits per heavy atom. The molecule has 0 aromatic heterocycles. The molecule has 0 unspecified atom stereocenters. The van der Waals surface area contributed by atoms with Crippen molar-refractivity contribution in [3.05, 3.63) is 59.1 Å². The molecule has 0 aliphatic carbocycles. The summed E-state index contributed by atoms with van der Waals surface area (Å²) < 4.78 is 0. The molecule has 2 rings (SSSR count). The number of likely N-dealkylation sites (N-methyl/N-ethyl adjacent to an activating group) is 1. The van der Waals surface area contributed by atoms with Gasteiger partial charge in [0.15, 0.2) is 0 Å². The summed E-state index contributed by atoms with van der Waals surface area (Å²) in [6.07, 6.45) is 0. The molecule has 8 heteroatoms. The Bertz CT molecular complexity index is 860. The predicted octanol–water partition coefficient (Wildman–Crippen LogP) is 3.42. The fourth-order valence-electron chi connectivity index (χ4n) is 2.32. The standard InChI is InChI=1S/C20H22ClN3O3S/c1-14-6-5-7-15(10-14)22-19(26)12-28-13-20(27)24(2)11-18(25)23-17-9-4-3-8-16(17)21/h3-10H,11-13H2,1-2H3,(H,22,26)(H,23,25). The van der Waals surface area contributed by atoms with Crippen LogP contribution in [-0.2, 0) is 14.4 Å². The Morgan fingerprint density at radius 1 is 1.00 bits per heavy atom. The van der Waals surface area contributed by atoms with E-state index in [2.05, 4.69) is 10.6 Å². The van der Waals surface area contributed by atoms with Gasteiger partial charge in [-0.25, -0.2) is 0 Å². The number of carbonyl (C=O) groups is 3. The van der Waals surface area contributed by atoms with E-state index in [1.807, 2.05) is 31.2 Å². The van der Waals surface area contributed by atoms with Crippen LogP contribution in [0.3, 0.4) is 0 Å². The maximum atomic E-state index is 12.1. The first-order chi connectivity index (χ1) is 13.3. The number of anilines is 2. The number of para-hydroxylation sites is 1. The molecule has 0 radical (unpaired) electrons. The van der Waals surface area contributed by atoms with Gasteiger partial charge in [0.05, 0.1) is 28.8 Å². The molecular weight excluding hydrogens is 398 g/mol. The lowest BCUT2D eigenvalue weighted by Gasteiger charge is -2.17. The van der Waals surface area contributed by atoms with Gasteiger partial charge in [-0.1, -0.05) is 35.9 Å². The van der Waals surface area contributed by atoms with Gasteiger partial charge in [0.2, 0.25) is 17.7 Å². The van der Waals surface area contributed by atoms with Gasteiger partial charge >= 0.3 is 0 Å². The fourth-order valence-corrected chi connectivity index (χ4v) is 3.25. The zero-order chi connectivity index (χ0) is 20.5. The summed E-state index contributed by atoms with van der Waals surface area (Å²) in [5, 5.41) is 5.89. The lowest BCUT2D eigenvalue weighted by molar-refractivity contribution is -0.131. The van der Waals surface area contributed by atoms with E-state index in [0.29, 0.717) is 10.7 Å². The molecule has 0 fully saturated rings. The molecule has 28 heavy (non-hydrogen) atoms. The summed E-state index contributed by atoms with van der Waals surface area (Å²) in [4.78, 5) is 37.5. The second-order valence-corrected chi connectivity index (χ2v) is 7.58. The van der Waals surface area contributed by atoms with E-state index in [4.69, 9.17) is 11.6 Å². The lowest BCUT2D eigenvalue weighted by Crippen LogP contribution is -2.36.